The van der Waals surface area contributed by atoms with E-state index in [9.17, 15) is 18.4 Å². The van der Waals surface area contributed by atoms with Crippen LogP contribution in [0.5, 0.6) is 0 Å². The van der Waals surface area contributed by atoms with Gasteiger partial charge in [-0.1, -0.05) is 19.1 Å². The fourth-order valence-corrected chi connectivity index (χ4v) is 3.65. The predicted octanol–water partition coefficient (Wildman–Crippen LogP) is 5.76. The number of carboxylic acid groups (broad SMARTS) is 1. The summed E-state index contributed by atoms with van der Waals surface area (Å²) >= 11 is 0. The number of carboxylic acids is 1. The number of alkyl halides is 2. The van der Waals surface area contributed by atoms with Crippen molar-refractivity contribution in [2.24, 2.45) is 16.6 Å². The van der Waals surface area contributed by atoms with Gasteiger partial charge in [-0.25, -0.2) is 23.7 Å². The lowest BCUT2D eigenvalue weighted by Crippen LogP contribution is -2.13. The fourth-order valence-electron chi connectivity index (χ4n) is 3.65. The standard InChI is InChI=1S/C26H32N6O.C4H4F2O2/c1-6-8-19(3)24(31-17-33)11-10-18(2)20(4)23(21(5)27)16-30-26-29-14-12-25(32-26)22-9-7-13-28-15-22;5-4(6)1-2(4)3(7)8/h7-15,17H,6,16,27H2,1-5H3,(H,29,30,32);2H,1H2,(H,7,8)/b11-10-,19-8+,20-18-,23-21-,31-24?;. The van der Waals surface area contributed by atoms with Crippen molar-refractivity contribution in [2.45, 2.75) is 53.4 Å². The van der Waals surface area contributed by atoms with Crippen molar-refractivity contribution in [1.29, 1.82) is 0 Å². The Morgan fingerprint density at radius 2 is 1.93 bits per heavy atom. The van der Waals surface area contributed by atoms with E-state index >= 15 is 0 Å². The van der Waals surface area contributed by atoms with Crippen LogP contribution in [0.3, 0.4) is 0 Å². The molecule has 1 atom stereocenters. The molecule has 1 amide bonds. The van der Waals surface area contributed by atoms with E-state index in [-0.39, 0.29) is 0 Å². The molecule has 2 aromatic heterocycles. The number of aromatic nitrogens is 3. The van der Waals surface area contributed by atoms with Crippen LogP contribution >= 0.6 is 0 Å². The second-order valence-corrected chi connectivity index (χ2v) is 9.43. The number of hydrogen-bond donors (Lipinski definition) is 3. The monoisotopic (exact) mass is 566 g/mol. The molecule has 1 aliphatic carbocycles. The normalized spacial score (nSPS) is 17.6. The second-order valence-electron chi connectivity index (χ2n) is 9.43. The molecule has 1 unspecified atom stereocenters. The Kier molecular flexibility index (Phi) is 12.2. The molecule has 4 N–H and O–H groups in total. The quantitative estimate of drug-likeness (QED) is 0.177. The zero-order chi connectivity index (χ0) is 30.6. The van der Waals surface area contributed by atoms with E-state index in [1.165, 1.54) is 0 Å². The van der Waals surface area contributed by atoms with E-state index in [2.05, 4.69) is 25.3 Å². The first kappa shape index (κ1) is 32.7. The van der Waals surface area contributed by atoms with E-state index in [1.54, 1.807) is 18.6 Å². The van der Waals surface area contributed by atoms with Crippen molar-refractivity contribution in [3.05, 3.63) is 83.0 Å². The minimum atomic E-state index is -2.91. The number of rotatable bonds is 11. The molecule has 2 aromatic rings. The Balaban J connectivity index is 0.000000629. The first-order valence-corrected chi connectivity index (χ1v) is 13.0. The zero-order valence-electron chi connectivity index (χ0n) is 23.9. The van der Waals surface area contributed by atoms with Gasteiger partial charge in [-0.2, -0.15) is 0 Å². The van der Waals surface area contributed by atoms with E-state index in [4.69, 9.17) is 10.8 Å². The molecular formula is C30H36F2N6O3. The number of allylic oxidation sites excluding steroid dienone is 6. The van der Waals surface area contributed by atoms with Gasteiger partial charge in [0, 0.05) is 42.8 Å². The highest BCUT2D eigenvalue weighted by molar-refractivity contribution is 6.10. The van der Waals surface area contributed by atoms with Crippen LogP contribution in [0.1, 0.15) is 47.5 Å². The van der Waals surface area contributed by atoms with Crippen LogP contribution in [-0.4, -0.2) is 50.6 Å². The number of pyridine rings is 1. The van der Waals surface area contributed by atoms with Crippen LogP contribution < -0.4 is 11.1 Å². The van der Waals surface area contributed by atoms with Crippen LogP contribution in [0.2, 0.25) is 0 Å². The molecule has 41 heavy (non-hydrogen) atoms. The zero-order valence-corrected chi connectivity index (χ0v) is 23.9. The van der Waals surface area contributed by atoms with E-state index in [0.29, 0.717) is 30.3 Å². The van der Waals surface area contributed by atoms with Gasteiger partial charge in [0.05, 0.1) is 11.4 Å². The Hall–Kier alpha value is -4.54. The molecule has 1 aliphatic rings. The maximum absolute atomic E-state index is 11.7. The molecule has 218 valence electrons. The fraction of sp³-hybridized carbons (Fsp3) is 0.333. The molecule has 0 radical (unpaired) electrons. The van der Waals surface area contributed by atoms with Crippen molar-refractivity contribution in [2.75, 3.05) is 11.9 Å². The lowest BCUT2D eigenvalue weighted by atomic mass is 9.99. The molecule has 9 nitrogen and oxygen atoms in total. The minimum Gasteiger partial charge on any atom is -0.481 e. The van der Waals surface area contributed by atoms with Gasteiger partial charge in [0.15, 0.2) is 0 Å². The van der Waals surface area contributed by atoms with Crippen molar-refractivity contribution >= 4 is 24.0 Å². The number of nitrogens with one attached hydrogen (secondary N) is 1. The number of carbonyl (C=O) groups excluding carboxylic acids is 1. The summed E-state index contributed by atoms with van der Waals surface area (Å²) < 4.78 is 23.3. The Bertz CT molecular complexity index is 1380. The van der Waals surface area contributed by atoms with E-state index in [1.807, 2.05) is 71.0 Å². The Labute approximate surface area is 238 Å². The molecule has 0 bridgehead atoms. The molecular weight excluding hydrogens is 530 g/mol. The lowest BCUT2D eigenvalue weighted by Gasteiger charge is -2.14. The summed E-state index contributed by atoms with van der Waals surface area (Å²) in [6.07, 6.45) is 12.0. The Morgan fingerprint density at radius 1 is 1.22 bits per heavy atom. The van der Waals surface area contributed by atoms with Crippen molar-refractivity contribution in [3.8, 4) is 11.3 Å². The number of anilines is 1. The van der Waals surface area contributed by atoms with Crippen molar-refractivity contribution in [1.82, 2.24) is 15.0 Å². The van der Waals surface area contributed by atoms with Gasteiger partial charge in [-0.3, -0.25) is 14.6 Å². The highest BCUT2D eigenvalue weighted by Gasteiger charge is 2.61. The summed E-state index contributed by atoms with van der Waals surface area (Å²) in [5, 5.41) is 11.2. The van der Waals surface area contributed by atoms with Gasteiger partial charge in [-0.05, 0) is 80.7 Å². The molecule has 11 heteroatoms. The summed E-state index contributed by atoms with van der Waals surface area (Å²) in [6, 6.07) is 5.68. The third-order valence-electron chi connectivity index (χ3n) is 6.28. The number of amides is 1. The minimum absolute atomic E-state index is 0.472. The first-order valence-electron chi connectivity index (χ1n) is 13.0. The summed E-state index contributed by atoms with van der Waals surface area (Å²) in [5.41, 5.74) is 13.2. The predicted molar refractivity (Wildman–Crippen MR) is 156 cm³/mol. The third kappa shape index (κ3) is 10.2. The van der Waals surface area contributed by atoms with Crippen LogP contribution in [0.25, 0.3) is 11.3 Å². The molecule has 0 aliphatic heterocycles. The average molecular weight is 567 g/mol. The van der Waals surface area contributed by atoms with Gasteiger partial charge < -0.3 is 16.2 Å². The maximum Gasteiger partial charge on any atom is 0.312 e. The number of carbonyl (C=O) groups is 2. The smallest absolute Gasteiger partial charge is 0.312 e. The summed E-state index contributed by atoms with van der Waals surface area (Å²) in [7, 11) is 0. The molecule has 1 saturated carbocycles. The third-order valence-corrected chi connectivity index (χ3v) is 6.28. The van der Waals surface area contributed by atoms with Crippen LogP contribution in [-0.2, 0) is 9.59 Å². The number of aliphatic imine (C=N–C) groups is 1. The van der Waals surface area contributed by atoms with Crippen LogP contribution in [0.15, 0.2) is 88.0 Å². The van der Waals surface area contributed by atoms with E-state index in [0.717, 1.165) is 40.0 Å². The van der Waals surface area contributed by atoms with Gasteiger partial charge in [0.1, 0.15) is 5.92 Å². The molecule has 1 fully saturated rings. The lowest BCUT2D eigenvalue weighted by molar-refractivity contribution is -0.140. The molecule has 0 spiro atoms. The SMILES string of the molecule is CC/C=C(\C)C(\C=C/C(C)=C(C)\C(CNc1nccc(-c2cccnc2)n1)=C(\C)N)=NC=O.O=C(O)C1CC1(F)F. The number of aliphatic carboxylic acids is 1. The highest BCUT2D eigenvalue weighted by Crippen LogP contribution is 2.48. The average Bonchev–Trinajstić information content (AvgIpc) is 3.60. The topological polar surface area (TPSA) is 143 Å². The first-order chi connectivity index (χ1) is 19.4. The summed E-state index contributed by atoms with van der Waals surface area (Å²) in [4.78, 5) is 37.6. The summed E-state index contributed by atoms with van der Waals surface area (Å²) in [5.74, 6) is -5.19. The van der Waals surface area contributed by atoms with Gasteiger partial charge >= 0.3 is 5.97 Å². The number of nitrogens with two attached hydrogens (primary N) is 1. The van der Waals surface area contributed by atoms with Crippen molar-refractivity contribution < 1.29 is 23.5 Å². The van der Waals surface area contributed by atoms with E-state index < -0.39 is 24.2 Å². The second kappa shape index (κ2) is 15.3. The number of halogens is 2. The Morgan fingerprint density at radius 3 is 2.44 bits per heavy atom. The van der Waals surface area contributed by atoms with Gasteiger partial charge in [0.2, 0.25) is 12.4 Å². The maximum atomic E-state index is 11.7. The largest absolute Gasteiger partial charge is 0.481 e. The van der Waals surface area contributed by atoms with Crippen LogP contribution in [0, 0.1) is 5.92 Å². The molecule has 0 aromatic carbocycles. The molecule has 2 heterocycles. The summed E-state index contributed by atoms with van der Waals surface area (Å²) in [6.45, 7) is 10.4. The molecule has 0 saturated heterocycles. The van der Waals surface area contributed by atoms with Gasteiger partial charge in [0.25, 0.3) is 5.92 Å². The number of nitrogens with zero attached hydrogens (tertiary/aromatic N) is 4. The van der Waals surface area contributed by atoms with Crippen LogP contribution in [0.4, 0.5) is 14.7 Å². The molecule has 3 rings (SSSR count). The highest BCUT2D eigenvalue weighted by atomic mass is 19.3. The van der Waals surface area contributed by atoms with Gasteiger partial charge in [-0.15, -0.1) is 0 Å². The van der Waals surface area contributed by atoms with Crippen molar-refractivity contribution in [3.63, 3.8) is 0 Å². The number of hydrogen-bond acceptors (Lipinski definition) is 7.